The number of allylic oxidation sites excluding steroid dienone is 4. The Morgan fingerprint density at radius 2 is 2.08 bits per heavy atom. The highest BCUT2D eigenvalue weighted by atomic mass is 16.7. The van der Waals surface area contributed by atoms with Gasteiger partial charge in [0.05, 0.1) is 5.60 Å². The second kappa shape index (κ2) is 6.04. The summed E-state index contributed by atoms with van der Waals surface area (Å²) in [6.07, 6.45) is 9.80. The zero-order valence-electron chi connectivity index (χ0n) is 14.9. The highest BCUT2D eigenvalue weighted by Gasteiger charge is 2.60. The summed E-state index contributed by atoms with van der Waals surface area (Å²) in [4.78, 5) is 26.6. The number of rotatable bonds is 4. The molecular formula is C20H27NO4. The molecule has 2 fully saturated rings. The average molecular weight is 345 g/mol. The van der Waals surface area contributed by atoms with Gasteiger partial charge in [-0.1, -0.05) is 12.5 Å². The van der Waals surface area contributed by atoms with Crippen LogP contribution in [-0.4, -0.2) is 23.1 Å². The van der Waals surface area contributed by atoms with Crippen LogP contribution in [0.5, 0.6) is 0 Å². The van der Waals surface area contributed by atoms with Gasteiger partial charge in [0.25, 0.3) is 0 Å². The van der Waals surface area contributed by atoms with Gasteiger partial charge in [-0.05, 0) is 74.0 Å². The first-order valence-corrected chi connectivity index (χ1v) is 9.61. The van der Waals surface area contributed by atoms with Gasteiger partial charge in [-0.2, -0.15) is 0 Å². The number of ketones is 1. The zero-order valence-corrected chi connectivity index (χ0v) is 14.9. The number of carbonyl (C=O) groups excluding carboxylic acids is 1. The zero-order chi connectivity index (χ0) is 17.7. The maximum absolute atomic E-state index is 11.7. The predicted molar refractivity (Wildman–Crippen MR) is 93.5 cm³/mol. The molecule has 0 saturated heterocycles. The smallest absolute Gasteiger partial charge is 0.156 e. The Morgan fingerprint density at radius 1 is 1.24 bits per heavy atom. The largest absolute Gasteiger partial charge is 0.389 e. The van der Waals surface area contributed by atoms with Crippen LogP contribution < -0.4 is 0 Å². The summed E-state index contributed by atoms with van der Waals surface area (Å²) in [6, 6.07) is 0. The van der Waals surface area contributed by atoms with Crippen molar-refractivity contribution in [2.75, 3.05) is 6.61 Å². The molecule has 0 aromatic heterocycles. The van der Waals surface area contributed by atoms with Crippen LogP contribution in [0.25, 0.3) is 0 Å². The summed E-state index contributed by atoms with van der Waals surface area (Å²) < 4.78 is 0. The van der Waals surface area contributed by atoms with Gasteiger partial charge in [0.1, 0.15) is 6.61 Å². The SMILES string of the molecule is C[C@]12CCC3=C4CCC(=O)C=C4CC[C@H]3[C@@H]1CC[C@@]2(O)CCON=O. The lowest BCUT2D eigenvalue weighted by molar-refractivity contribution is -0.114. The van der Waals surface area contributed by atoms with Crippen molar-refractivity contribution in [1.82, 2.24) is 0 Å². The topological polar surface area (TPSA) is 76.0 Å². The Balaban J connectivity index is 1.62. The van der Waals surface area contributed by atoms with E-state index in [1.165, 1.54) is 11.1 Å². The highest BCUT2D eigenvalue weighted by molar-refractivity contribution is 5.93. The fourth-order valence-electron chi connectivity index (χ4n) is 6.31. The van der Waals surface area contributed by atoms with Crippen LogP contribution in [0.2, 0.25) is 0 Å². The molecule has 25 heavy (non-hydrogen) atoms. The van der Waals surface area contributed by atoms with E-state index in [1.54, 1.807) is 5.57 Å². The van der Waals surface area contributed by atoms with Crippen LogP contribution in [0.3, 0.4) is 0 Å². The first kappa shape index (κ1) is 17.0. The highest BCUT2D eigenvalue weighted by Crippen LogP contribution is 2.64. The molecule has 136 valence electrons. The Morgan fingerprint density at radius 3 is 2.88 bits per heavy atom. The summed E-state index contributed by atoms with van der Waals surface area (Å²) in [5.41, 5.74) is 3.42. The molecule has 4 atom stereocenters. The Kier molecular flexibility index (Phi) is 4.10. The average Bonchev–Trinajstić information content (AvgIpc) is 2.86. The Hall–Kier alpha value is -1.49. The Labute approximate surface area is 148 Å². The fourth-order valence-corrected chi connectivity index (χ4v) is 6.31. The van der Waals surface area contributed by atoms with Gasteiger partial charge < -0.3 is 9.94 Å². The third-order valence-electron chi connectivity index (χ3n) is 7.71. The van der Waals surface area contributed by atoms with Gasteiger partial charge in [-0.25, -0.2) is 0 Å². The number of hydrogen-bond donors (Lipinski definition) is 1. The summed E-state index contributed by atoms with van der Waals surface area (Å²) in [7, 11) is 0. The maximum atomic E-state index is 11.7. The van der Waals surface area contributed by atoms with Crippen molar-refractivity contribution in [3.63, 3.8) is 0 Å². The van der Waals surface area contributed by atoms with E-state index in [-0.39, 0.29) is 17.8 Å². The van der Waals surface area contributed by atoms with Crippen LogP contribution in [0.15, 0.2) is 28.1 Å². The molecule has 4 aliphatic rings. The molecule has 0 heterocycles. The molecule has 4 rings (SSSR count). The molecule has 0 amide bonds. The van der Waals surface area contributed by atoms with Crippen LogP contribution in [0, 0.1) is 22.2 Å². The van der Waals surface area contributed by atoms with Crippen molar-refractivity contribution in [3.05, 3.63) is 27.7 Å². The molecule has 0 unspecified atom stereocenters. The minimum atomic E-state index is -0.767. The van der Waals surface area contributed by atoms with Crippen molar-refractivity contribution < 1.29 is 14.7 Å². The molecule has 0 aromatic carbocycles. The lowest BCUT2D eigenvalue weighted by Crippen LogP contribution is -2.50. The van der Waals surface area contributed by atoms with Crippen molar-refractivity contribution in [1.29, 1.82) is 0 Å². The number of hydrogen-bond acceptors (Lipinski definition) is 5. The molecule has 4 aliphatic carbocycles. The Bertz CT molecular complexity index is 667. The van der Waals surface area contributed by atoms with E-state index in [4.69, 9.17) is 0 Å². The lowest BCUT2D eigenvalue weighted by atomic mass is 9.54. The van der Waals surface area contributed by atoms with E-state index in [0.717, 1.165) is 44.9 Å². The lowest BCUT2D eigenvalue weighted by Gasteiger charge is -2.52. The number of nitrogens with zero attached hydrogens (tertiary/aromatic N) is 1. The summed E-state index contributed by atoms with van der Waals surface area (Å²) in [6.45, 7) is 2.42. The van der Waals surface area contributed by atoms with Crippen molar-refractivity contribution in [2.24, 2.45) is 22.6 Å². The molecule has 0 aromatic rings. The molecule has 0 spiro atoms. The number of aliphatic hydroxyl groups is 1. The monoisotopic (exact) mass is 345 g/mol. The molecule has 2 saturated carbocycles. The molecule has 5 heteroatoms. The normalized spacial score (nSPS) is 40.1. The molecule has 0 bridgehead atoms. The summed E-state index contributed by atoms with van der Waals surface area (Å²) >= 11 is 0. The van der Waals surface area contributed by atoms with Gasteiger partial charge in [-0.3, -0.25) is 4.79 Å². The van der Waals surface area contributed by atoms with Gasteiger partial charge in [0.15, 0.2) is 11.1 Å². The first-order valence-electron chi connectivity index (χ1n) is 9.61. The van der Waals surface area contributed by atoms with E-state index in [0.29, 0.717) is 24.7 Å². The summed E-state index contributed by atoms with van der Waals surface area (Å²) in [5.74, 6) is 1.30. The first-order chi connectivity index (χ1) is 12.0. The van der Waals surface area contributed by atoms with E-state index in [2.05, 4.69) is 17.1 Å². The van der Waals surface area contributed by atoms with Gasteiger partial charge in [0.2, 0.25) is 0 Å². The summed E-state index contributed by atoms with van der Waals surface area (Å²) in [5, 5.41) is 13.8. The van der Waals surface area contributed by atoms with Crippen molar-refractivity contribution in [3.8, 4) is 0 Å². The quantitative estimate of drug-likeness (QED) is 0.474. The molecular weight excluding hydrogens is 318 g/mol. The third kappa shape index (κ3) is 2.50. The molecule has 0 radical (unpaired) electrons. The molecule has 5 nitrogen and oxygen atoms in total. The number of carbonyl (C=O) groups is 1. The van der Waals surface area contributed by atoms with E-state index < -0.39 is 5.60 Å². The van der Waals surface area contributed by atoms with E-state index in [9.17, 15) is 14.8 Å². The third-order valence-corrected chi connectivity index (χ3v) is 7.71. The van der Waals surface area contributed by atoms with Crippen LogP contribution in [0.4, 0.5) is 0 Å². The maximum Gasteiger partial charge on any atom is 0.156 e. The van der Waals surface area contributed by atoms with Gasteiger partial charge in [0, 0.05) is 18.3 Å². The number of fused-ring (bicyclic) bond motifs is 4. The van der Waals surface area contributed by atoms with Gasteiger partial charge >= 0.3 is 0 Å². The fraction of sp³-hybridized carbons (Fsp3) is 0.750. The molecule has 1 N–H and O–H groups in total. The van der Waals surface area contributed by atoms with Crippen LogP contribution in [-0.2, 0) is 9.63 Å². The van der Waals surface area contributed by atoms with Crippen LogP contribution >= 0.6 is 0 Å². The van der Waals surface area contributed by atoms with Gasteiger partial charge in [-0.15, -0.1) is 4.91 Å². The van der Waals surface area contributed by atoms with Crippen molar-refractivity contribution in [2.45, 2.75) is 70.3 Å². The van der Waals surface area contributed by atoms with Crippen molar-refractivity contribution >= 4 is 5.78 Å². The van der Waals surface area contributed by atoms with E-state index >= 15 is 0 Å². The van der Waals surface area contributed by atoms with Crippen LogP contribution in [0.1, 0.15) is 64.7 Å². The van der Waals surface area contributed by atoms with E-state index in [1.807, 2.05) is 6.08 Å². The minimum absolute atomic E-state index is 0.125. The minimum Gasteiger partial charge on any atom is -0.389 e. The second-order valence-corrected chi connectivity index (χ2v) is 8.54. The predicted octanol–water partition coefficient (Wildman–Crippen LogP) is 4.01. The standard InChI is InChI=1S/C20H27NO4/c1-19-8-6-16-15-5-3-14(22)12-13(15)2-4-17(16)18(19)7-9-20(19,23)10-11-25-21-24/h12,17-18,23H,2-11H2,1H3/t17-,18+,19+,20-/m1/s1. The second-order valence-electron chi connectivity index (χ2n) is 8.54. The molecule has 0 aliphatic heterocycles.